The van der Waals surface area contributed by atoms with Crippen molar-refractivity contribution in [3.63, 3.8) is 0 Å². The van der Waals surface area contributed by atoms with Crippen LogP contribution in [0.25, 0.3) is 22.0 Å². The molecule has 1 amide bonds. The van der Waals surface area contributed by atoms with Gasteiger partial charge in [-0.3, -0.25) is 9.89 Å². The average molecular weight is 400 g/mol. The maximum Gasteiger partial charge on any atom is 0.289 e. The number of aromatic nitrogens is 2. The molecule has 7 nitrogen and oxygen atoms in total. The van der Waals surface area contributed by atoms with Crippen LogP contribution < -0.4 is 14.9 Å². The van der Waals surface area contributed by atoms with E-state index < -0.39 is 5.91 Å². The number of hydrazone groups is 1. The van der Waals surface area contributed by atoms with Crippen LogP contribution in [0.4, 0.5) is 0 Å². The molecule has 0 aliphatic rings. The van der Waals surface area contributed by atoms with Gasteiger partial charge in [0.05, 0.1) is 26.1 Å². The Morgan fingerprint density at radius 1 is 1.00 bits per heavy atom. The Morgan fingerprint density at radius 3 is 2.63 bits per heavy atom. The zero-order chi connectivity index (χ0) is 20.9. The molecule has 30 heavy (non-hydrogen) atoms. The number of H-pyrrole nitrogens is 1. The second-order valence-corrected chi connectivity index (χ2v) is 6.51. The summed E-state index contributed by atoms with van der Waals surface area (Å²) in [6.45, 7) is 0. The third-order valence-corrected chi connectivity index (χ3v) is 4.67. The lowest BCUT2D eigenvalue weighted by Gasteiger charge is -2.09. The highest BCUT2D eigenvalue weighted by atomic mass is 16.5. The van der Waals surface area contributed by atoms with E-state index in [2.05, 4.69) is 26.8 Å². The number of methoxy groups -OCH3 is 2. The van der Waals surface area contributed by atoms with Gasteiger partial charge in [0.1, 0.15) is 5.69 Å². The zero-order valence-electron chi connectivity index (χ0n) is 16.5. The van der Waals surface area contributed by atoms with Gasteiger partial charge in [0.25, 0.3) is 5.91 Å². The predicted octanol–water partition coefficient (Wildman–Crippen LogP) is 4.01. The van der Waals surface area contributed by atoms with Crippen LogP contribution in [0.2, 0.25) is 0 Å². The van der Waals surface area contributed by atoms with E-state index in [4.69, 9.17) is 9.47 Å². The smallest absolute Gasteiger partial charge is 0.289 e. The Hall–Kier alpha value is -4.13. The van der Waals surface area contributed by atoms with Crippen LogP contribution in [0.1, 0.15) is 16.1 Å². The molecule has 0 saturated heterocycles. The van der Waals surface area contributed by atoms with Crippen molar-refractivity contribution in [3.8, 4) is 22.8 Å². The first-order chi connectivity index (χ1) is 14.7. The Labute approximate surface area is 173 Å². The average Bonchev–Trinajstić information content (AvgIpc) is 3.29. The molecule has 0 saturated carbocycles. The van der Waals surface area contributed by atoms with E-state index in [0.717, 1.165) is 16.3 Å². The number of hydrogen-bond acceptors (Lipinski definition) is 5. The summed E-state index contributed by atoms with van der Waals surface area (Å²) in [5.74, 6) is 0.729. The van der Waals surface area contributed by atoms with Crippen LogP contribution in [-0.2, 0) is 0 Å². The monoisotopic (exact) mass is 400 g/mol. The molecule has 4 aromatic rings. The van der Waals surface area contributed by atoms with Crippen LogP contribution in [0.3, 0.4) is 0 Å². The van der Waals surface area contributed by atoms with Gasteiger partial charge < -0.3 is 9.47 Å². The number of nitrogens with zero attached hydrogens (tertiary/aromatic N) is 2. The summed E-state index contributed by atoms with van der Waals surface area (Å²) < 4.78 is 10.6. The van der Waals surface area contributed by atoms with Crippen molar-refractivity contribution in [2.75, 3.05) is 14.2 Å². The number of hydrogen-bond donors (Lipinski definition) is 2. The van der Waals surface area contributed by atoms with E-state index in [1.165, 1.54) is 6.21 Å². The molecule has 0 spiro atoms. The number of nitrogens with one attached hydrogen (secondary N) is 2. The van der Waals surface area contributed by atoms with Crippen LogP contribution >= 0.6 is 0 Å². The first-order valence-electron chi connectivity index (χ1n) is 9.28. The molecule has 1 aromatic heterocycles. The fourth-order valence-corrected chi connectivity index (χ4v) is 3.17. The SMILES string of the molecule is COc1cccc(/C=N/NC(=O)c2cc(-c3ccc4ccccc4c3)n[nH]2)c1OC. The van der Waals surface area contributed by atoms with Crippen LogP contribution in [-0.4, -0.2) is 36.5 Å². The summed E-state index contributed by atoms with van der Waals surface area (Å²) in [6, 6.07) is 21.2. The minimum Gasteiger partial charge on any atom is -0.493 e. The second-order valence-electron chi connectivity index (χ2n) is 6.51. The van der Waals surface area contributed by atoms with Gasteiger partial charge in [0.2, 0.25) is 0 Å². The van der Waals surface area contributed by atoms with Crippen molar-refractivity contribution in [2.45, 2.75) is 0 Å². The number of fused-ring (bicyclic) bond motifs is 1. The number of carbonyl (C=O) groups is 1. The first-order valence-corrected chi connectivity index (χ1v) is 9.28. The molecule has 3 aromatic carbocycles. The van der Waals surface area contributed by atoms with Crippen molar-refractivity contribution in [1.29, 1.82) is 0 Å². The lowest BCUT2D eigenvalue weighted by molar-refractivity contribution is 0.0950. The summed E-state index contributed by atoms with van der Waals surface area (Å²) in [6.07, 6.45) is 1.50. The Kier molecular flexibility index (Phi) is 5.43. The number of ether oxygens (including phenoxy) is 2. The minimum atomic E-state index is -0.396. The zero-order valence-corrected chi connectivity index (χ0v) is 16.5. The van der Waals surface area contributed by atoms with E-state index in [1.807, 2.05) is 48.5 Å². The summed E-state index contributed by atoms with van der Waals surface area (Å²) in [4.78, 5) is 12.4. The highest BCUT2D eigenvalue weighted by Gasteiger charge is 2.11. The van der Waals surface area contributed by atoms with E-state index in [9.17, 15) is 4.79 Å². The normalized spacial score (nSPS) is 11.0. The van der Waals surface area contributed by atoms with Crippen molar-refractivity contribution in [2.24, 2.45) is 5.10 Å². The van der Waals surface area contributed by atoms with E-state index in [1.54, 1.807) is 26.4 Å². The number of carbonyl (C=O) groups excluding carboxylic acids is 1. The highest BCUT2D eigenvalue weighted by Crippen LogP contribution is 2.29. The summed E-state index contributed by atoms with van der Waals surface area (Å²) in [5, 5.41) is 13.3. The molecule has 0 fully saturated rings. The lowest BCUT2D eigenvalue weighted by Crippen LogP contribution is -2.18. The molecule has 0 aliphatic carbocycles. The molecule has 0 aliphatic heterocycles. The number of benzene rings is 3. The summed E-state index contributed by atoms with van der Waals surface area (Å²) in [7, 11) is 3.11. The van der Waals surface area contributed by atoms with Crippen molar-refractivity contribution >= 4 is 22.9 Å². The molecular weight excluding hydrogens is 380 g/mol. The van der Waals surface area contributed by atoms with Crippen LogP contribution in [0, 0.1) is 0 Å². The van der Waals surface area contributed by atoms with Crippen LogP contribution in [0.15, 0.2) is 71.8 Å². The molecule has 0 bridgehead atoms. The molecule has 0 unspecified atom stereocenters. The van der Waals surface area contributed by atoms with Gasteiger partial charge in [0.15, 0.2) is 11.5 Å². The van der Waals surface area contributed by atoms with Gasteiger partial charge in [-0.2, -0.15) is 10.2 Å². The topological polar surface area (TPSA) is 88.6 Å². The first kappa shape index (κ1) is 19.2. The Bertz CT molecular complexity index is 1230. The van der Waals surface area contributed by atoms with E-state index >= 15 is 0 Å². The number of para-hydroxylation sites is 1. The highest BCUT2D eigenvalue weighted by molar-refractivity contribution is 5.95. The maximum absolute atomic E-state index is 12.4. The number of amides is 1. The molecule has 0 atom stereocenters. The third-order valence-electron chi connectivity index (χ3n) is 4.67. The fraction of sp³-hybridized carbons (Fsp3) is 0.0870. The molecule has 0 radical (unpaired) electrons. The van der Waals surface area contributed by atoms with Gasteiger partial charge in [-0.15, -0.1) is 0 Å². The van der Waals surface area contributed by atoms with Gasteiger partial charge in [-0.25, -0.2) is 5.43 Å². The van der Waals surface area contributed by atoms with E-state index in [0.29, 0.717) is 28.5 Å². The van der Waals surface area contributed by atoms with Gasteiger partial charge >= 0.3 is 0 Å². The van der Waals surface area contributed by atoms with Gasteiger partial charge in [-0.1, -0.05) is 42.5 Å². The van der Waals surface area contributed by atoms with Gasteiger partial charge in [0, 0.05) is 11.1 Å². The fourth-order valence-electron chi connectivity index (χ4n) is 3.17. The molecule has 150 valence electrons. The van der Waals surface area contributed by atoms with E-state index in [-0.39, 0.29) is 0 Å². The summed E-state index contributed by atoms with van der Waals surface area (Å²) >= 11 is 0. The van der Waals surface area contributed by atoms with Crippen molar-refractivity contribution in [3.05, 3.63) is 78.0 Å². The minimum absolute atomic E-state index is 0.313. The Morgan fingerprint density at radius 2 is 1.83 bits per heavy atom. The predicted molar refractivity (Wildman–Crippen MR) is 116 cm³/mol. The number of rotatable bonds is 6. The maximum atomic E-state index is 12.4. The summed E-state index contributed by atoms with van der Waals surface area (Å²) in [5.41, 5.74) is 5.09. The van der Waals surface area contributed by atoms with Gasteiger partial charge in [-0.05, 0) is 35.0 Å². The van der Waals surface area contributed by atoms with Crippen molar-refractivity contribution in [1.82, 2.24) is 15.6 Å². The molecule has 7 heteroatoms. The molecular formula is C23H20N4O3. The quantitative estimate of drug-likeness (QED) is 0.378. The lowest BCUT2D eigenvalue weighted by atomic mass is 10.1. The third kappa shape index (κ3) is 3.86. The number of aromatic amines is 1. The molecule has 2 N–H and O–H groups in total. The Balaban J connectivity index is 1.49. The van der Waals surface area contributed by atoms with Crippen LogP contribution in [0.5, 0.6) is 11.5 Å². The van der Waals surface area contributed by atoms with Crippen molar-refractivity contribution < 1.29 is 14.3 Å². The molecule has 1 heterocycles. The largest absolute Gasteiger partial charge is 0.493 e. The molecule has 4 rings (SSSR count). The standard InChI is InChI=1S/C23H20N4O3/c1-29-21-9-5-8-18(22(21)30-2)14-24-27-23(28)20-13-19(25-26-20)17-11-10-15-6-3-4-7-16(15)12-17/h3-14H,1-2H3,(H,25,26)(H,27,28)/b24-14+. The second kappa shape index (κ2) is 8.48.